The molecule has 5 heterocycles. The average molecular weight is 807 g/mol. The lowest BCUT2D eigenvalue weighted by Gasteiger charge is -2.69. The molecule has 0 radical (unpaired) electrons. The molecule has 2 aromatic heterocycles. The number of carboxylic acids is 1. The number of piperazine rings is 1. The van der Waals surface area contributed by atoms with E-state index in [-0.39, 0.29) is 27.5 Å². The number of nitrogens with zero attached hydrogens (tertiary/aromatic N) is 5. The molecule has 1 saturated heterocycles. The summed E-state index contributed by atoms with van der Waals surface area (Å²) in [4.78, 5) is 32.3. The summed E-state index contributed by atoms with van der Waals surface area (Å²) in [5, 5.41) is 18.3. The Hall–Kier alpha value is -4.50. The van der Waals surface area contributed by atoms with Gasteiger partial charge in [-0.1, -0.05) is 37.3 Å². The Kier molecular flexibility index (Phi) is 10.1. The number of para-hydroxylation sites is 1. The second-order valence-corrected chi connectivity index (χ2v) is 19.6. The van der Waals surface area contributed by atoms with Gasteiger partial charge in [0.2, 0.25) is 0 Å². The second kappa shape index (κ2) is 15.0. The number of thiazole rings is 1. The molecule has 7 N–H and O–H groups in total. The molecule has 14 heteroatoms. The number of hydrazine groups is 1. The van der Waals surface area contributed by atoms with Crippen molar-refractivity contribution in [1.82, 2.24) is 31.0 Å². The summed E-state index contributed by atoms with van der Waals surface area (Å²) in [5.74, 6) is 1.16. The summed E-state index contributed by atoms with van der Waals surface area (Å²) >= 11 is 1.61. The summed E-state index contributed by atoms with van der Waals surface area (Å²) in [6, 6.07) is 11.8. The third kappa shape index (κ3) is 7.37. The quantitative estimate of drug-likeness (QED) is 0.111. The first-order valence-corrected chi connectivity index (χ1v) is 21.8. The van der Waals surface area contributed by atoms with E-state index in [1.165, 1.54) is 12.6 Å². The maximum Gasteiger partial charge on any atom is 0.355 e. The van der Waals surface area contributed by atoms with Gasteiger partial charge >= 0.3 is 5.97 Å². The van der Waals surface area contributed by atoms with Gasteiger partial charge in [-0.25, -0.2) is 14.8 Å². The van der Waals surface area contributed by atoms with Crippen LogP contribution in [0.15, 0.2) is 70.4 Å². The minimum atomic E-state index is -1.11. The number of ether oxygens (including phenoxy) is 1. The van der Waals surface area contributed by atoms with E-state index in [2.05, 4.69) is 58.1 Å². The zero-order valence-corrected chi connectivity index (χ0v) is 35.2. The molecule has 4 aliphatic carbocycles. The Morgan fingerprint density at radius 1 is 1.03 bits per heavy atom. The third-order valence-corrected chi connectivity index (χ3v) is 14.5. The van der Waals surface area contributed by atoms with Crippen LogP contribution < -0.4 is 32.1 Å². The number of pyridine rings is 1. The normalized spacial score (nSPS) is 30.1. The largest absolute Gasteiger partial charge is 0.476 e. The van der Waals surface area contributed by atoms with Crippen LogP contribution in [0.1, 0.15) is 95.1 Å². The van der Waals surface area contributed by atoms with Crippen LogP contribution >= 0.6 is 11.3 Å². The molecule has 3 aromatic rings. The van der Waals surface area contributed by atoms with Crippen LogP contribution in [-0.4, -0.2) is 89.7 Å². The van der Waals surface area contributed by atoms with Crippen LogP contribution in [0.4, 0.5) is 10.9 Å². The van der Waals surface area contributed by atoms with E-state index in [4.69, 9.17) is 25.4 Å². The predicted octanol–water partition coefficient (Wildman–Crippen LogP) is 6.45. The molecule has 10 rings (SSSR count). The zero-order chi connectivity index (χ0) is 40.3. The monoisotopic (exact) mass is 806 g/mol. The van der Waals surface area contributed by atoms with Gasteiger partial charge in [0.15, 0.2) is 10.8 Å². The number of carbonyl (C=O) groups is 1. The van der Waals surface area contributed by atoms with E-state index in [1.54, 1.807) is 11.3 Å². The number of allylic oxidation sites excluding steroid dienone is 3. The van der Waals surface area contributed by atoms with Gasteiger partial charge in [0.1, 0.15) is 17.5 Å². The molecule has 2 atom stereocenters. The fourth-order valence-electron chi connectivity index (χ4n) is 12.3. The average Bonchev–Trinajstić information content (AvgIpc) is 3.60. The highest BCUT2D eigenvalue weighted by molar-refractivity contribution is 7.22. The van der Waals surface area contributed by atoms with Crippen molar-refractivity contribution in [3.8, 4) is 0 Å². The molecule has 7 aliphatic rings. The number of aliphatic imine (C=N–C) groups is 1. The lowest BCUT2D eigenvalue weighted by Crippen LogP contribution is -2.64. The van der Waals surface area contributed by atoms with Crippen molar-refractivity contribution >= 4 is 49.8 Å². The van der Waals surface area contributed by atoms with Gasteiger partial charge in [-0.15, -0.1) is 0 Å². The number of rotatable bonds is 12. The maximum atomic E-state index is 12.9. The number of carboxylic acid groups (broad SMARTS) is 1. The molecular formula is C44H58N10O3S. The first-order chi connectivity index (χ1) is 27.9. The van der Waals surface area contributed by atoms with E-state index >= 15 is 0 Å². The molecule has 0 spiro atoms. The van der Waals surface area contributed by atoms with E-state index in [1.807, 2.05) is 37.3 Å². The molecule has 0 amide bonds. The van der Waals surface area contributed by atoms with Crippen LogP contribution in [0.3, 0.4) is 0 Å². The van der Waals surface area contributed by atoms with Crippen LogP contribution in [-0.2, 0) is 4.74 Å². The number of anilines is 2. The van der Waals surface area contributed by atoms with Crippen molar-refractivity contribution < 1.29 is 14.6 Å². The standard InChI is InChI=1S/C44H58N10O3S/c1-28-30-8-7-15-54(38(30)52-51-37(28)50-40-48-33-9-5-6-10-34(33)58-40)35-12-11-31(36(49-35)39(55)56)32(20-45)29(2)47-27-43-22-41(3)21-42(4,23-43)25-44(24-41,26-43)57-19-18-53-16-13-46-14-17-53/h5-6,9-12,20,46,51-52H,7-8,13-19,21-27,45H2,1-4H3,(H,48,50)(H,55,56)/b32-20+,47-29?. The van der Waals surface area contributed by atoms with Crippen molar-refractivity contribution in [1.29, 1.82) is 0 Å². The van der Waals surface area contributed by atoms with Gasteiger partial charge in [-0.2, -0.15) is 0 Å². The molecule has 4 bridgehead atoms. The number of hydrogen-bond donors (Lipinski definition) is 6. The van der Waals surface area contributed by atoms with Gasteiger partial charge in [0.05, 0.1) is 22.4 Å². The van der Waals surface area contributed by atoms with Crippen LogP contribution in [0.25, 0.3) is 15.8 Å². The second-order valence-electron chi connectivity index (χ2n) is 18.6. The number of benzene rings is 1. The lowest BCUT2D eigenvalue weighted by atomic mass is 9.39. The van der Waals surface area contributed by atoms with E-state index in [9.17, 15) is 9.90 Å². The SMILES string of the molecule is CC(=NCC12CC3(C)CC(C)(C1)CC(OCCN1CCNCC1)(C3)C2)/C(=C\N)c1ccc(N2CCCC3=C2NNC(Nc2nc4ccccc4s2)=C3C)nc1C(=O)O. The van der Waals surface area contributed by atoms with E-state index in [0.717, 1.165) is 128 Å². The van der Waals surface area contributed by atoms with Crippen molar-refractivity contribution in [2.24, 2.45) is 27.0 Å². The molecule has 13 nitrogen and oxygen atoms in total. The zero-order valence-electron chi connectivity index (χ0n) is 34.3. The highest BCUT2D eigenvalue weighted by atomic mass is 32.1. The topological polar surface area (TPSA) is 165 Å². The van der Waals surface area contributed by atoms with Gasteiger partial charge in [-0.05, 0) is 111 Å². The van der Waals surface area contributed by atoms with Crippen LogP contribution in [0.2, 0.25) is 0 Å². The molecule has 3 aliphatic heterocycles. The highest BCUT2D eigenvalue weighted by Gasteiger charge is 2.66. The number of aromatic nitrogens is 2. The Bertz CT molecular complexity index is 2190. The molecular weight excluding hydrogens is 749 g/mol. The molecule has 58 heavy (non-hydrogen) atoms. The fourth-order valence-corrected chi connectivity index (χ4v) is 13.2. The minimum absolute atomic E-state index is 0.0308. The number of fused-ring (bicyclic) bond motifs is 1. The van der Waals surface area contributed by atoms with Crippen molar-refractivity contribution in [3.63, 3.8) is 0 Å². The number of hydrogen-bond acceptors (Lipinski definition) is 13. The summed E-state index contributed by atoms with van der Waals surface area (Å²) < 4.78 is 8.11. The fraction of sp³-hybridized carbons (Fsp3) is 0.545. The Morgan fingerprint density at radius 3 is 2.55 bits per heavy atom. The summed E-state index contributed by atoms with van der Waals surface area (Å²) in [6.07, 6.45) is 10.0. The summed E-state index contributed by atoms with van der Waals surface area (Å²) in [6.45, 7) is 16.4. The van der Waals surface area contributed by atoms with Crippen molar-refractivity contribution in [2.45, 2.75) is 84.7 Å². The molecule has 5 fully saturated rings. The Morgan fingerprint density at radius 2 is 1.81 bits per heavy atom. The number of nitrogens with one attached hydrogen (secondary N) is 4. The Balaban J connectivity index is 0.938. The maximum absolute atomic E-state index is 12.9. The lowest BCUT2D eigenvalue weighted by molar-refractivity contribution is -0.242. The number of aromatic carboxylic acids is 1. The van der Waals surface area contributed by atoms with E-state index < -0.39 is 5.97 Å². The minimum Gasteiger partial charge on any atom is -0.476 e. The van der Waals surface area contributed by atoms with Crippen LogP contribution in [0.5, 0.6) is 0 Å². The van der Waals surface area contributed by atoms with Gasteiger partial charge in [0.25, 0.3) is 0 Å². The van der Waals surface area contributed by atoms with Gasteiger partial charge in [0, 0.05) is 74.4 Å². The first kappa shape index (κ1) is 39.0. The van der Waals surface area contributed by atoms with Gasteiger partial charge < -0.3 is 31.1 Å². The summed E-state index contributed by atoms with van der Waals surface area (Å²) in [5.41, 5.74) is 18.3. The van der Waals surface area contributed by atoms with Crippen LogP contribution in [0, 0.1) is 16.2 Å². The van der Waals surface area contributed by atoms with Crippen molar-refractivity contribution in [2.75, 3.05) is 62.6 Å². The number of nitrogens with two attached hydrogens (primary N) is 1. The Labute approximate surface area is 345 Å². The molecule has 1 aromatic carbocycles. The van der Waals surface area contributed by atoms with Gasteiger partial charge in [-0.3, -0.25) is 20.7 Å². The molecule has 2 unspecified atom stereocenters. The first-order valence-electron chi connectivity index (χ1n) is 21.0. The third-order valence-electron chi connectivity index (χ3n) is 13.6. The summed E-state index contributed by atoms with van der Waals surface area (Å²) in [7, 11) is 0. The molecule has 4 saturated carbocycles. The van der Waals surface area contributed by atoms with Crippen molar-refractivity contribution in [3.05, 3.63) is 76.6 Å². The van der Waals surface area contributed by atoms with E-state index in [0.29, 0.717) is 30.0 Å². The molecule has 308 valence electrons. The smallest absolute Gasteiger partial charge is 0.355 e. The predicted molar refractivity (Wildman–Crippen MR) is 231 cm³/mol. The highest BCUT2D eigenvalue weighted by Crippen LogP contribution is 2.71.